The van der Waals surface area contributed by atoms with Crippen molar-refractivity contribution in [2.75, 3.05) is 0 Å². The van der Waals surface area contributed by atoms with E-state index in [1.807, 2.05) is 0 Å². The van der Waals surface area contributed by atoms with Crippen molar-refractivity contribution >= 4 is 18.0 Å². The minimum absolute atomic E-state index is 0.00345. The van der Waals surface area contributed by atoms with Gasteiger partial charge in [0.1, 0.15) is 11.2 Å². The molecule has 7 nitrogen and oxygen atoms in total. The second kappa shape index (κ2) is 6.54. The van der Waals surface area contributed by atoms with Crippen molar-refractivity contribution in [3.8, 4) is 0 Å². The molecule has 0 aliphatic carbocycles. The molecule has 2 amide bonds. The van der Waals surface area contributed by atoms with Gasteiger partial charge in [0.2, 0.25) is 5.91 Å². The van der Waals surface area contributed by atoms with Crippen LogP contribution in [0.5, 0.6) is 0 Å². The Morgan fingerprint density at radius 3 is 2.18 bits per heavy atom. The van der Waals surface area contributed by atoms with Crippen molar-refractivity contribution in [3.63, 3.8) is 0 Å². The lowest BCUT2D eigenvalue weighted by Gasteiger charge is -2.25. The molecule has 0 saturated carbocycles. The average Bonchev–Trinajstić information content (AvgIpc) is 2.52. The number of carbonyl (C=O) groups excluding carboxylic acids is 3. The summed E-state index contributed by atoms with van der Waals surface area (Å²) < 4.78 is 10.4. The monoisotopic (exact) mass is 314 g/mol. The van der Waals surface area contributed by atoms with Gasteiger partial charge in [0.05, 0.1) is 18.5 Å². The summed E-state index contributed by atoms with van der Waals surface area (Å²) in [6.45, 7) is 10.6. The molecule has 0 spiro atoms. The van der Waals surface area contributed by atoms with Crippen molar-refractivity contribution in [3.05, 3.63) is 0 Å². The molecule has 0 unspecified atom stereocenters. The van der Waals surface area contributed by atoms with Crippen LogP contribution in [0.15, 0.2) is 0 Å². The fourth-order valence-electron chi connectivity index (χ4n) is 2.07. The van der Waals surface area contributed by atoms with Crippen LogP contribution in [0, 0.1) is 0 Å². The fourth-order valence-corrected chi connectivity index (χ4v) is 2.07. The Balaban J connectivity index is 2.60. The summed E-state index contributed by atoms with van der Waals surface area (Å²) in [6, 6.07) is -0.982. The summed E-state index contributed by atoms with van der Waals surface area (Å²) in [5.74, 6) is -0.634. The highest BCUT2D eigenvalue weighted by Crippen LogP contribution is 2.16. The molecule has 1 aliphatic heterocycles. The van der Waals surface area contributed by atoms with E-state index in [0.717, 1.165) is 0 Å². The first-order valence-electron chi connectivity index (χ1n) is 7.36. The molecule has 1 rings (SSSR count). The quantitative estimate of drug-likeness (QED) is 0.770. The van der Waals surface area contributed by atoms with Gasteiger partial charge in [-0.2, -0.15) is 0 Å². The van der Waals surface area contributed by atoms with Gasteiger partial charge < -0.3 is 20.1 Å². The Labute approximate surface area is 131 Å². The number of hydrogen-bond donors (Lipinski definition) is 2. The Kier molecular flexibility index (Phi) is 5.43. The average molecular weight is 314 g/mol. The summed E-state index contributed by atoms with van der Waals surface area (Å²) in [5.41, 5.74) is -1.21. The lowest BCUT2D eigenvalue weighted by molar-refractivity contribution is -0.155. The molecule has 2 N–H and O–H groups in total. The summed E-state index contributed by atoms with van der Waals surface area (Å²) in [5, 5.41) is 5.31. The molecule has 1 saturated heterocycles. The molecule has 2 atom stereocenters. The summed E-state index contributed by atoms with van der Waals surface area (Å²) >= 11 is 0. The van der Waals surface area contributed by atoms with Gasteiger partial charge in [-0.05, 0) is 41.5 Å². The molecule has 0 aromatic carbocycles. The number of carbonyl (C=O) groups is 3. The molecule has 1 heterocycles. The molecular weight excluding hydrogens is 288 g/mol. The SMILES string of the molecule is CC(C)(C)OC(=O)C[C@H]1NC(=O)C[C@@H]1NC(=O)OC(C)(C)C. The van der Waals surface area contributed by atoms with E-state index in [4.69, 9.17) is 9.47 Å². The largest absolute Gasteiger partial charge is 0.460 e. The predicted molar refractivity (Wildman–Crippen MR) is 80.2 cm³/mol. The maximum Gasteiger partial charge on any atom is 0.407 e. The zero-order chi connectivity index (χ0) is 17.1. The van der Waals surface area contributed by atoms with Gasteiger partial charge in [0.15, 0.2) is 0 Å². The molecular formula is C15H26N2O5. The number of rotatable bonds is 3. The third-order valence-corrected chi connectivity index (χ3v) is 2.75. The number of nitrogens with one attached hydrogen (secondary N) is 2. The minimum atomic E-state index is -0.624. The molecule has 7 heteroatoms. The number of hydrogen-bond acceptors (Lipinski definition) is 5. The topological polar surface area (TPSA) is 93.7 Å². The van der Waals surface area contributed by atoms with Crippen molar-refractivity contribution in [1.82, 2.24) is 10.6 Å². The second-order valence-electron chi connectivity index (χ2n) is 7.42. The second-order valence-corrected chi connectivity index (χ2v) is 7.42. The van der Waals surface area contributed by atoms with Crippen LogP contribution in [0.2, 0.25) is 0 Å². The number of amides is 2. The standard InChI is InChI=1S/C15H26N2O5/c1-14(2,3)21-12(19)8-10-9(7-11(18)16-10)17-13(20)22-15(4,5)6/h9-10H,7-8H2,1-6H3,(H,16,18)(H,17,20)/t9-,10+/m0/s1. The lowest BCUT2D eigenvalue weighted by atomic mass is 10.1. The lowest BCUT2D eigenvalue weighted by Crippen LogP contribution is -2.46. The van der Waals surface area contributed by atoms with Crippen LogP contribution in [0.3, 0.4) is 0 Å². The fraction of sp³-hybridized carbons (Fsp3) is 0.800. The summed E-state index contributed by atoms with van der Waals surface area (Å²) in [7, 11) is 0. The Hall–Kier alpha value is -1.79. The van der Waals surface area contributed by atoms with Gasteiger partial charge >= 0.3 is 12.1 Å². The molecule has 0 aromatic heterocycles. The van der Waals surface area contributed by atoms with Crippen LogP contribution in [0.4, 0.5) is 4.79 Å². The van der Waals surface area contributed by atoms with Crippen molar-refractivity contribution < 1.29 is 23.9 Å². The zero-order valence-corrected chi connectivity index (χ0v) is 14.1. The maximum atomic E-state index is 11.9. The van der Waals surface area contributed by atoms with E-state index in [1.165, 1.54) is 0 Å². The van der Waals surface area contributed by atoms with Crippen LogP contribution in [-0.4, -0.2) is 41.3 Å². The summed E-state index contributed by atoms with van der Waals surface area (Å²) in [6.07, 6.45) is -0.487. The van der Waals surface area contributed by atoms with E-state index in [1.54, 1.807) is 41.5 Å². The van der Waals surface area contributed by atoms with Gasteiger partial charge in [-0.25, -0.2) is 4.79 Å². The highest BCUT2D eigenvalue weighted by molar-refractivity contribution is 5.83. The first kappa shape index (κ1) is 18.3. The van der Waals surface area contributed by atoms with Gasteiger partial charge in [-0.1, -0.05) is 0 Å². The molecule has 0 radical (unpaired) electrons. The van der Waals surface area contributed by atoms with E-state index < -0.39 is 35.3 Å². The Bertz CT molecular complexity index is 408. The van der Waals surface area contributed by atoms with Gasteiger partial charge in [0, 0.05) is 6.42 Å². The van der Waals surface area contributed by atoms with Crippen molar-refractivity contribution in [2.45, 2.75) is 77.7 Å². The number of ether oxygens (including phenoxy) is 2. The van der Waals surface area contributed by atoms with Crippen LogP contribution >= 0.6 is 0 Å². The molecule has 126 valence electrons. The third kappa shape index (κ3) is 6.78. The third-order valence-electron chi connectivity index (χ3n) is 2.75. The minimum Gasteiger partial charge on any atom is -0.460 e. The normalized spacial score (nSPS) is 22.0. The molecule has 0 bridgehead atoms. The van der Waals surface area contributed by atoms with Gasteiger partial charge in [-0.3, -0.25) is 9.59 Å². The van der Waals surface area contributed by atoms with Gasteiger partial charge in [-0.15, -0.1) is 0 Å². The van der Waals surface area contributed by atoms with E-state index in [9.17, 15) is 14.4 Å². The maximum absolute atomic E-state index is 11.9. The van der Waals surface area contributed by atoms with E-state index in [-0.39, 0.29) is 18.7 Å². The van der Waals surface area contributed by atoms with Gasteiger partial charge in [0.25, 0.3) is 0 Å². The first-order valence-corrected chi connectivity index (χ1v) is 7.36. The molecule has 22 heavy (non-hydrogen) atoms. The van der Waals surface area contributed by atoms with Crippen LogP contribution < -0.4 is 10.6 Å². The number of esters is 1. The van der Waals surface area contributed by atoms with E-state index in [0.29, 0.717) is 0 Å². The van der Waals surface area contributed by atoms with Crippen molar-refractivity contribution in [2.24, 2.45) is 0 Å². The predicted octanol–water partition coefficient (Wildman–Crippen LogP) is 1.50. The van der Waals surface area contributed by atoms with Crippen LogP contribution in [0.25, 0.3) is 0 Å². The van der Waals surface area contributed by atoms with Crippen LogP contribution in [0.1, 0.15) is 54.4 Å². The Morgan fingerprint density at radius 2 is 1.68 bits per heavy atom. The number of alkyl carbamates (subject to hydrolysis) is 1. The highest BCUT2D eigenvalue weighted by atomic mass is 16.6. The molecule has 0 aromatic rings. The highest BCUT2D eigenvalue weighted by Gasteiger charge is 2.36. The molecule has 1 fully saturated rings. The Morgan fingerprint density at radius 1 is 1.14 bits per heavy atom. The van der Waals surface area contributed by atoms with E-state index >= 15 is 0 Å². The smallest absolute Gasteiger partial charge is 0.407 e. The van der Waals surface area contributed by atoms with Crippen LogP contribution in [-0.2, 0) is 19.1 Å². The zero-order valence-electron chi connectivity index (χ0n) is 14.1. The van der Waals surface area contributed by atoms with E-state index in [2.05, 4.69) is 10.6 Å². The first-order chi connectivity index (χ1) is 9.85. The molecule has 1 aliphatic rings. The summed E-state index contributed by atoms with van der Waals surface area (Å²) in [4.78, 5) is 35.2. The van der Waals surface area contributed by atoms with Crippen molar-refractivity contribution in [1.29, 1.82) is 0 Å².